The van der Waals surface area contributed by atoms with E-state index in [2.05, 4.69) is 16.0 Å². The molecule has 1 aliphatic heterocycles. The molecule has 26 heavy (non-hydrogen) atoms. The lowest BCUT2D eigenvalue weighted by atomic mass is 9.93. The van der Waals surface area contributed by atoms with Crippen molar-refractivity contribution in [3.05, 3.63) is 30.0 Å². The van der Waals surface area contributed by atoms with Crippen molar-refractivity contribution < 1.29 is 14.3 Å². The average molecular weight is 352 g/mol. The molecule has 0 amide bonds. The second-order valence-electron chi connectivity index (χ2n) is 8.03. The van der Waals surface area contributed by atoms with Crippen molar-refractivity contribution in [3.63, 3.8) is 0 Å². The summed E-state index contributed by atoms with van der Waals surface area (Å²) in [6, 6.07) is 6.00. The first-order chi connectivity index (χ1) is 12.7. The van der Waals surface area contributed by atoms with Gasteiger partial charge in [0, 0.05) is 30.7 Å². The molecule has 0 N–H and O–H groups in total. The fraction of sp³-hybridized carbons (Fsp3) is 0.524. The van der Waals surface area contributed by atoms with Crippen LogP contribution in [0.4, 0.5) is 5.69 Å². The van der Waals surface area contributed by atoms with Gasteiger partial charge in [-0.3, -0.25) is 4.98 Å². The minimum absolute atomic E-state index is 0.341. The van der Waals surface area contributed by atoms with Crippen LogP contribution in [0.1, 0.15) is 48.9 Å². The van der Waals surface area contributed by atoms with Crippen molar-refractivity contribution in [2.75, 3.05) is 25.1 Å². The van der Waals surface area contributed by atoms with Gasteiger partial charge in [0.2, 0.25) is 0 Å². The van der Waals surface area contributed by atoms with Gasteiger partial charge in [0.1, 0.15) is 5.75 Å². The van der Waals surface area contributed by atoms with Crippen molar-refractivity contribution in [2.24, 2.45) is 5.41 Å². The number of nitrogens with zero attached hydrogens (tertiary/aromatic N) is 2. The lowest BCUT2D eigenvalue weighted by Gasteiger charge is -2.34. The molecule has 3 fully saturated rings. The zero-order valence-electron chi connectivity index (χ0n) is 15.2. The highest BCUT2D eigenvalue weighted by Gasteiger charge is 2.44. The molecule has 1 aromatic carbocycles. The topological polar surface area (TPSA) is 51.7 Å². The Kier molecular flexibility index (Phi) is 3.59. The lowest BCUT2D eigenvalue weighted by Crippen LogP contribution is -2.34. The Labute approximate surface area is 153 Å². The number of carbonyl (C=O) groups excluding carboxylic acids is 1. The van der Waals surface area contributed by atoms with Crippen LogP contribution in [0, 0.1) is 5.41 Å². The largest absolute Gasteiger partial charge is 0.490 e. The first kappa shape index (κ1) is 15.9. The highest BCUT2D eigenvalue weighted by atomic mass is 16.5. The van der Waals surface area contributed by atoms with Crippen LogP contribution in [0.3, 0.4) is 0 Å². The van der Waals surface area contributed by atoms with Crippen LogP contribution >= 0.6 is 0 Å². The van der Waals surface area contributed by atoms with E-state index in [1.807, 2.05) is 12.1 Å². The molecule has 5 nitrogen and oxygen atoms in total. The number of hydrogen-bond acceptors (Lipinski definition) is 5. The van der Waals surface area contributed by atoms with Gasteiger partial charge in [0.05, 0.1) is 30.0 Å². The van der Waals surface area contributed by atoms with Gasteiger partial charge in [-0.1, -0.05) is 0 Å². The number of aromatic nitrogens is 1. The maximum atomic E-state index is 11.9. The van der Waals surface area contributed by atoms with E-state index in [9.17, 15) is 4.79 Å². The van der Waals surface area contributed by atoms with Crippen molar-refractivity contribution in [1.29, 1.82) is 0 Å². The van der Waals surface area contributed by atoms with E-state index in [4.69, 9.17) is 9.47 Å². The number of pyridine rings is 1. The number of hydrogen-bond donors (Lipinski definition) is 0. The molecule has 1 spiro atoms. The molecule has 2 saturated carbocycles. The van der Waals surface area contributed by atoms with Gasteiger partial charge in [0.25, 0.3) is 0 Å². The summed E-state index contributed by atoms with van der Waals surface area (Å²) in [5.41, 5.74) is 3.18. The summed E-state index contributed by atoms with van der Waals surface area (Å²) >= 11 is 0. The normalized spacial score (nSPS) is 21.0. The number of methoxy groups -OCH3 is 1. The Morgan fingerprint density at radius 3 is 2.58 bits per heavy atom. The number of benzene rings is 1. The predicted molar refractivity (Wildman–Crippen MR) is 99.8 cm³/mol. The van der Waals surface area contributed by atoms with E-state index < -0.39 is 0 Å². The second kappa shape index (κ2) is 5.86. The lowest BCUT2D eigenvalue weighted by molar-refractivity contribution is 0.0600. The number of carbonyl (C=O) groups is 1. The average Bonchev–Trinajstić information content (AvgIpc) is 3.60. The third kappa shape index (κ3) is 2.89. The number of rotatable bonds is 4. The second-order valence-corrected chi connectivity index (χ2v) is 8.03. The van der Waals surface area contributed by atoms with Crippen LogP contribution in [0.5, 0.6) is 5.75 Å². The van der Waals surface area contributed by atoms with Gasteiger partial charge in [-0.2, -0.15) is 0 Å². The van der Waals surface area contributed by atoms with Crippen LogP contribution in [0.15, 0.2) is 24.4 Å². The summed E-state index contributed by atoms with van der Waals surface area (Å²) in [5.74, 6) is 0.522. The molecule has 1 aromatic heterocycles. The van der Waals surface area contributed by atoms with Crippen molar-refractivity contribution >= 4 is 22.6 Å². The van der Waals surface area contributed by atoms with Gasteiger partial charge < -0.3 is 14.4 Å². The standard InChI is InChI=1S/C21H24N2O3/c1-25-20(24)15-10-14-11-17(26-16-2-3-16)12-18(19(14)22-13-15)23-8-6-21(4-5-21)7-9-23/h10-13,16H,2-9H2,1H3. The molecule has 0 atom stereocenters. The summed E-state index contributed by atoms with van der Waals surface area (Å²) in [6.07, 6.45) is 9.53. The number of ether oxygens (including phenoxy) is 2. The minimum Gasteiger partial charge on any atom is -0.490 e. The van der Waals surface area contributed by atoms with E-state index in [1.165, 1.54) is 32.8 Å². The number of fused-ring (bicyclic) bond motifs is 1. The first-order valence-corrected chi connectivity index (χ1v) is 9.60. The summed E-state index contributed by atoms with van der Waals surface area (Å²) in [5, 5.41) is 0.938. The summed E-state index contributed by atoms with van der Waals surface area (Å²) < 4.78 is 10.9. The van der Waals surface area contributed by atoms with E-state index >= 15 is 0 Å². The molecule has 2 aliphatic carbocycles. The number of anilines is 1. The van der Waals surface area contributed by atoms with Crippen LogP contribution in [-0.4, -0.2) is 37.3 Å². The molecule has 136 valence electrons. The molecule has 1 saturated heterocycles. The van der Waals surface area contributed by atoms with Gasteiger partial charge in [-0.05, 0) is 56.1 Å². The summed E-state index contributed by atoms with van der Waals surface area (Å²) in [7, 11) is 1.39. The molecule has 2 aromatic rings. The fourth-order valence-corrected chi connectivity index (χ4v) is 4.02. The number of piperidine rings is 1. The minimum atomic E-state index is -0.358. The van der Waals surface area contributed by atoms with Crippen molar-refractivity contribution in [2.45, 2.75) is 44.6 Å². The SMILES string of the molecule is COC(=O)c1cnc2c(N3CCC4(CC3)CC4)cc(OC3CC3)cc2c1. The van der Waals surface area contributed by atoms with Crippen LogP contribution in [0.25, 0.3) is 10.9 Å². The Bertz CT molecular complexity index is 861. The van der Waals surface area contributed by atoms with Crippen molar-refractivity contribution in [3.8, 4) is 5.75 Å². The molecule has 2 heterocycles. The Hall–Kier alpha value is -2.30. The quantitative estimate of drug-likeness (QED) is 0.780. The molecule has 0 radical (unpaired) electrons. The van der Waals surface area contributed by atoms with Crippen LogP contribution < -0.4 is 9.64 Å². The van der Waals surface area contributed by atoms with E-state index in [0.29, 0.717) is 17.1 Å². The Morgan fingerprint density at radius 1 is 1.15 bits per heavy atom. The van der Waals surface area contributed by atoms with Gasteiger partial charge in [0.15, 0.2) is 0 Å². The highest BCUT2D eigenvalue weighted by molar-refractivity contribution is 5.98. The monoisotopic (exact) mass is 352 g/mol. The molecular weight excluding hydrogens is 328 g/mol. The third-order valence-electron chi connectivity index (χ3n) is 6.11. The maximum Gasteiger partial charge on any atom is 0.339 e. The zero-order valence-corrected chi connectivity index (χ0v) is 15.2. The van der Waals surface area contributed by atoms with Crippen molar-refractivity contribution in [1.82, 2.24) is 4.98 Å². The highest BCUT2D eigenvalue weighted by Crippen LogP contribution is 2.54. The molecule has 5 heteroatoms. The summed E-state index contributed by atoms with van der Waals surface area (Å²) in [6.45, 7) is 2.14. The predicted octanol–water partition coefficient (Wildman–Crippen LogP) is 3.94. The van der Waals surface area contributed by atoms with Gasteiger partial charge >= 0.3 is 5.97 Å². The smallest absolute Gasteiger partial charge is 0.339 e. The molecule has 0 unspecified atom stereocenters. The van der Waals surface area contributed by atoms with E-state index in [-0.39, 0.29) is 5.97 Å². The first-order valence-electron chi connectivity index (χ1n) is 9.60. The number of esters is 1. The fourth-order valence-electron chi connectivity index (χ4n) is 4.02. The van der Waals surface area contributed by atoms with E-state index in [1.54, 1.807) is 6.20 Å². The van der Waals surface area contributed by atoms with Crippen LogP contribution in [-0.2, 0) is 4.74 Å². The molecule has 5 rings (SSSR count). The van der Waals surface area contributed by atoms with Crippen LogP contribution in [0.2, 0.25) is 0 Å². The van der Waals surface area contributed by atoms with Gasteiger partial charge in [-0.25, -0.2) is 4.79 Å². The summed E-state index contributed by atoms with van der Waals surface area (Å²) in [4.78, 5) is 18.9. The Balaban J connectivity index is 1.54. The maximum absolute atomic E-state index is 11.9. The zero-order chi connectivity index (χ0) is 17.7. The van der Waals surface area contributed by atoms with Gasteiger partial charge in [-0.15, -0.1) is 0 Å². The van der Waals surface area contributed by atoms with E-state index in [0.717, 1.165) is 48.3 Å². The molecule has 0 bridgehead atoms. The molecular formula is C21H24N2O3. The molecule has 3 aliphatic rings. The third-order valence-corrected chi connectivity index (χ3v) is 6.11. The Morgan fingerprint density at radius 2 is 1.92 bits per heavy atom.